The van der Waals surface area contributed by atoms with Crippen LogP contribution in [0.1, 0.15) is 43.4 Å². The third-order valence-electron chi connectivity index (χ3n) is 3.45. The second kappa shape index (κ2) is 5.59. The van der Waals surface area contributed by atoms with Gasteiger partial charge in [0.25, 0.3) is 0 Å². The quantitative estimate of drug-likeness (QED) is 0.767. The van der Waals surface area contributed by atoms with Crippen LogP contribution in [0.15, 0.2) is 12.1 Å². The fourth-order valence-electron chi connectivity index (χ4n) is 2.59. The highest BCUT2D eigenvalue weighted by Gasteiger charge is 2.29. The van der Waals surface area contributed by atoms with E-state index < -0.39 is 0 Å². The van der Waals surface area contributed by atoms with Gasteiger partial charge in [-0.1, -0.05) is 19.8 Å². The van der Waals surface area contributed by atoms with Crippen molar-refractivity contribution >= 4 is 0 Å². The molecule has 2 rings (SSSR count). The van der Waals surface area contributed by atoms with Crippen LogP contribution in [-0.2, 0) is 11.2 Å². The maximum absolute atomic E-state index is 9.91. The molecule has 1 heterocycles. The Hall–Kier alpha value is -1.26. The summed E-state index contributed by atoms with van der Waals surface area (Å²) in [5.74, 6) is 0.174. The zero-order valence-electron chi connectivity index (χ0n) is 10.7. The van der Waals surface area contributed by atoms with Gasteiger partial charge in [0.05, 0.1) is 12.2 Å². The zero-order valence-corrected chi connectivity index (χ0v) is 10.7. The molecule has 0 bridgehead atoms. The lowest BCUT2D eigenvalue weighted by Gasteiger charge is -2.32. The second-order valence-electron chi connectivity index (χ2n) is 4.87. The van der Waals surface area contributed by atoms with E-state index in [1.54, 1.807) is 6.07 Å². The van der Waals surface area contributed by atoms with E-state index in [1.165, 1.54) is 6.07 Å². The molecule has 1 aliphatic rings. The normalized spacial score (nSPS) is 22.8. The molecule has 0 aromatic heterocycles. The third kappa shape index (κ3) is 2.60. The molecule has 100 valence electrons. The van der Waals surface area contributed by atoms with E-state index in [0.717, 1.165) is 36.8 Å². The summed E-state index contributed by atoms with van der Waals surface area (Å²) < 4.78 is 5.92. The lowest BCUT2D eigenvalue weighted by atomic mass is 9.91. The summed E-state index contributed by atoms with van der Waals surface area (Å²) in [4.78, 5) is 0. The van der Waals surface area contributed by atoms with Gasteiger partial charge in [0.15, 0.2) is 0 Å². The van der Waals surface area contributed by atoms with Gasteiger partial charge in [0.2, 0.25) is 0 Å². The number of fused-ring (bicyclic) bond motifs is 1. The van der Waals surface area contributed by atoms with Crippen LogP contribution in [0, 0.1) is 0 Å². The topological polar surface area (TPSA) is 75.7 Å². The van der Waals surface area contributed by atoms with Gasteiger partial charge >= 0.3 is 0 Å². The minimum atomic E-state index is -0.267. The first-order valence-corrected chi connectivity index (χ1v) is 6.56. The molecule has 1 aromatic carbocycles. The van der Waals surface area contributed by atoms with Crippen molar-refractivity contribution in [3.8, 4) is 11.5 Å². The van der Waals surface area contributed by atoms with E-state index >= 15 is 0 Å². The van der Waals surface area contributed by atoms with Crippen LogP contribution in [0.3, 0.4) is 0 Å². The zero-order chi connectivity index (χ0) is 13.1. The second-order valence-corrected chi connectivity index (χ2v) is 4.87. The summed E-state index contributed by atoms with van der Waals surface area (Å²) in [5, 5.41) is 19.5. The van der Waals surface area contributed by atoms with Crippen molar-refractivity contribution in [3.05, 3.63) is 23.3 Å². The summed E-state index contributed by atoms with van der Waals surface area (Å²) in [6.45, 7) is 2.49. The number of rotatable bonds is 4. The van der Waals surface area contributed by atoms with Gasteiger partial charge in [0.1, 0.15) is 11.5 Å². The first kappa shape index (κ1) is 13.2. The van der Waals surface area contributed by atoms with Crippen LogP contribution in [0.25, 0.3) is 0 Å². The van der Waals surface area contributed by atoms with Crippen LogP contribution in [0.2, 0.25) is 0 Å². The third-order valence-corrected chi connectivity index (χ3v) is 3.45. The van der Waals surface area contributed by atoms with Gasteiger partial charge in [-0.25, -0.2) is 0 Å². The number of aromatic hydroxyl groups is 2. The minimum Gasteiger partial charge on any atom is -0.508 e. The highest BCUT2D eigenvalue weighted by Crippen LogP contribution is 2.39. The van der Waals surface area contributed by atoms with E-state index in [1.807, 2.05) is 0 Å². The molecule has 4 nitrogen and oxygen atoms in total. The molecule has 0 radical (unpaired) electrons. The number of phenols is 2. The molecule has 2 unspecified atom stereocenters. The Morgan fingerprint density at radius 2 is 2.17 bits per heavy atom. The van der Waals surface area contributed by atoms with Gasteiger partial charge in [-0.15, -0.1) is 0 Å². The van der Waals surface area contributed by atoms with Gasteiger partial charge < -0.3 is 20.7 Å². The largest absolute Gasteiger partial charge is 0.508 e. The van der Waals surface area contributed by atoms with E-state index in [4.69, 9.17) is 10.5 Å². The van der Waals surface area contributed by atoms with E-state index in [0.29, 0.717) is 6.54 Å². The Bertz CT molecular complexity index is 420. The SMILES string of the molecule is CCCCC1Cc2cc(O)cc(O)c2C(CN)O1. The summed E-state index contributed by atoms with van der Waals surface area (Å²) in [6.07, 6.45) is 3.83. The van der Waals surface area contributed by atoms with Crippen LogP contribution < -0.4 is 5.73 Å². The Labute approximate surface area is 107 Å². The van der Waals surface area contributed by atoms with Crippen LogP contribution in [0.5, 0.6) is 11.5 Å². The average molecular weight is 251 g/mol. The monoisotopic (exact) mass is 251 g/mol. The van der Waals surface area contributed by atoms with Gasteiger partial charge in [-0.3, -0.25) is 0 Å². The van der Waals surface area contributed by atoms with Crippen molar-refractivity contribution in [3.63, 3.8) is 0 Å². The molecular formula is C14H21NO3. The minimum absolute atomic E-state index is 0.0781. The predicted molar refractivity (Wildman–Crippen MR) is 69.7 cm³/mol. The van der Waals surface area contributed by atoms with Crippen molar-refractivity contribution in [1.29, 1.82) is 0 Å². The molecule has 18 heavy (non-hydrogen) atoms. The van der Waals surface area contributed by atoms with Crippen LogP contribution in [-0.4, -0.2) is 22.9 Å². The Morgan fingerprint density at radius 1 is 1.39 bits per heavy atom. The number of nitrogens with two attached hydrogens (primary N) is 1. The van der Waals surface area contributed by atoms with Crippen molar-refractivity contribution in [2.24, 2.45) is 5.73 Å². The summed E-state index contributed by atoms with van der Waals surface area (Å²) >= 11 is 0. The number of benzene rings is 1. The van der Waals surface area contributed by atoms with Crippen molar-refractivity contribution < 1.29 is 14.9 Å². The maximum Gasteiger partial charge on any atom is 0.125 e. The molecule has 4 N–H and O–H groups in total. The summed E-state index contributed by atoms with van der Waals surface area (Å²) in [7, 11) is 0. The number of phenolic OH excluding ortho intramolecular Hbond substituents is 2. The molecule has 0 saturated carbocycles. The number of hydrogen-bond acceptors (Lipinski definition) is 4. The van der Waals surface area contributed by atoms with Crippen LogP contribution in [0.4, 0.5) is 0 Å². The average Bonchev–Trinajstić information content (AvgIpc) is 2.34. The highest BCUT2D eigenvalue weighted by molar-refractivity contribution is 5.48. The first-order chi connectivity index (χ1) is 8.65. The fraction of sp³-hybridized carbons (Fsp3) is 0.571. The molecule has 0 saturated heterocycles. The highest BCUT2D eigenvalue weighted by atomic mass is 16.5. The fourth-order valence-corrected chi connectivity index (χ4v) is 2.59. The number of hydrogen-bond donors (Lipinski definition) is 3. The first-order valence-electron chi connectivity index (χ1n) is 6.56. The van der Waals surface area contributed by atoms with E-state index in [9.17, 15) is 10.2 Å². The summed E-state index contributed by atoms with van der Waals surface area (Å²) in [5.41, 5.74) is 7.41. The van der Waals surface area contributed by atoms with E-state index in [-0.39, 0.29) is 23.7 Å². The van der Waals surface area contributed by atoms with Crippen molar-refractivity contribution in [2.45, 2.75) is 44.8 Å². The van der Waals surface area contributed by atoms with Crippen molar-refractivity contribution in [2.75, 3.05) is 6.54 Å². The molecule has 1 aromatic rings. The lowest BCUT2D eigenvalue weighted by molar-refractivity contribution is -0.0267. The van der Waals surface area contributed by atoms with E-state index in [2.05, 4.69) is 6.92 Å². The van der Waals surface area contributed by atoms with Gasteiger partial charge in [-0.05, 0) is 24.5 Å². The molecule has 0 amide bonds. The smallest absolute Gasteiger partial charge is 0.125 e. The number of ether oxygens (including phenoxy) is 1. The predicted octanol–water partition coefficient (Wildman–Crippen LogP) is 2.23. The molecule has 2 atom stereocenters. The molecule has 0 spiro atoms. The molecule has 0 aliphatic carbocycles. The molecule has 0 fully saturated rings. The van der Waals surface area contributed by atoms with Gasteiger partial charge in [-0.2, -0.15) is 0 Å². The Balaban J connectivity index is 2.27. The lowest BCUT2D eigenvalue weighted by Crippen LogP contribution is -2.30. The van der Waals surface area contributed by atoms with Gasteiger partial charge in [0, 0.05) is 18.2 Å². The van der Waals surface area contributed by atoms with Crippen LogP contribution >= 0.6 is 0 Å². The molecule has 1 aliphatic heterocycles. The maximum atomic E-state index is 9.91. The molecular weight excluding hydrogens is 230 g/mol. The Morgan fingerprint density at radius 3 is 2.83 bits per heavy atom. The standard InChI is InChI=1S/C14H21NO3/c1-2-3-4-11-6-9-5-10(16)7-12(17)14(9)13(8-15)18-11/h5,7,11,13,16-17H,2-4,6,8,15H2,1H3. The van der Waals surface area contributed by atoms with Crippen molar-refractivity contribution in [1.82, 2.24) is 0 Å². The molecule has 4 heteroatoms. The summed E-state index contributed by atoms with van der Waals surface area (Å²) in [6, 6.07) is 3.05. The number of unbranched alkanes of at least 4 members (excludes halogenated alkanes) is 1. The Kier molecular flexibility index (Phi) is 4.09.